The molecule has 1 fully saturated rings. The van der Waals surface area contributed by atoms with Crippen LogP contribution in [0.2, 0.25) is 0 Å². The van der Waals surface area contributed by atoms with Gasteiger partial charge in [0.1, 0.15) is 5.82 Å². The third kappa shape index (κ3) is 5.31. The lowest BCUT2D eigenvalue weighted by atomic mass is 9.78. The molecule has 0 N–H and O–H groups in total. The van der Waals surface area contributed by atoms with Crippen molar-refractivity contribution in [2.45, 2.75) is 58.5 Å². The summed E-state index contributed by atoms with van der Waals surface area (Å²) in [5.74, 6) is -2.80. The highest BCUT2D eigenvalue weighted by Gasteiger charge is 2.21. The third-order valence-corrected chi connectivity index (χ3v) is 6.92. The monoisotopic (exact) mass is 462 g/mol. The number of alkyl halides is 2. The molecule has 0 heterocycles. The fourth-order valence-corrected chi connectivity index (χ4v) is 4.94. The second-order valence-corrected chi connectivity index (χ2v) is 8.96. The molecule has 1 saturated carbocycles. The van der Waals surface area contributed by atoms with Gasteiger partial charge in [-0.2, -0.15) is 8.78 Å². The fourth-order valence-electron chi connectivity index (χ4n) is 4.94. The molecule has 1 nitrogen and oxygen atoms in total. The summed E-state index contributed by atoms with van der Waals surface area (Å²) in [6.07, 6.45) is 8.48. The molecule has 6 heteroatoms. The maximum atomic E-state index is 15.2. The summed E-state index contributed by atoms with van der Waals surface area (Å²) in [5, 5.41) is 1.05. The number of ether oxygens (including phenoxy) is 1. The molecular weight excluding hydrogens is 435 g/mol. The minimum absolute atomic E-state index is 0.00988. The average Bonchev–Trinajstić information content (AvgIpc) is 2.80. The number of halogens is 5. The van der Waals surface area contributed by atoms with Crippen LogP contribution in [0.25, 0.3) is 21.9 Å². The van der Waals surface area contributed by atoms with E-state index in [4.69, 9.17) is 0 Å². The molecule has 176 valence electrons. The van der Waals surface area contributed by atoms with Gasteiger partial charge in [-0.25, -0.2) is 13.2 Å². The zero-order valence-electron chi connectivity index (χ0n) is 18.5. The van der Waals surface area contributed by atoms with Crippen LogP contribution in [-0.2, 0) is 6.42 Å². The largest absolute Gasteiger partial charge is 0.429 e. The Balaban J connectivity index is 1.53. The smallest absolute Gasteiger partial charge is 0.387 e. The predicted octanol–water partition coefficient (Wildman–Crippen LogP) is 8.67. The van der Waals surface area contributed by atoms with Crippen molar-refractivity contribution in [2.75, 3.05) is 0 Å². The van der Waals surface area contributed by atoms with Crippen molar-refractivity contribution < 1.29 is 26.7 Å². The molecule has 1 aliphatic rings. The number of benzene rings is 3. The van der Waals surface area contributed by atoms with Crippen molar-refractivity contribution >= 4 is 10.8 Å². The molecule has 0 aliphatic heterocycles. The van der Waals surface area contributed by atoms with Crippen LogP contribution in [0.1, 0.15) is 51.0 Å². The molecule has 0 spiro atoms. The van der Waals surface area contributed by atoms with Crippen LogP contribution in [0.3, 0.4) is 0 Å². The minimum atomic E-state index is -3.36. The van der Waals surface area contributed by atoms with Crippen LogP contribution >= 0.6 is 0 Å². The topological polar surface area (TPSA) is 9.23 Å². The molecule has 3 aromatic rings. The van der Waals surface area contributed by atoms with Gasteiger partial charge in [-0.05, 0) is 53.3 Å². The molecule has 0 bridgehead atoms. The standard InChI is InChI=1S/C27H27F5O/c1-2-16-3-5-17(6-4-16)7-8-18-9-11-21-19(13-18)10-12-22(25(21)30)20-14-23(28)26(24(29)15-20)33-27(31)32/h9-17,27H,2-8H2,1H3/t16-,17-. The summed E-state index contributed by atoms with van der Waals surface area (Å²) < 4.78 is 72.0. The van der Waals surface area contributed by atoms with E-state index in [2.05, 4.69) is 11.7 Å². The van der Waals surface area contributed by atoms with E-state index in [9.17, 15) is 17.6 Å². The van der Waals surface area contributed by atoms with Crippen LogP contribution in [0.5, 0.6) is 5.75 Å². The normalized spacial score (nSPS) is 18.8. The molecule has 0 radical (unpaired) electrons. The summed E-state index contributed by atoms with van der Waals surface area (Å²) in [6.45, 7) is -1.10. The van der Waals surface area contributed by atoms with Crippen molar-refractivity contribution in [2.24, 2.45) is 11.8 Å². The van der Waals surface area contributed by atoms with E-state index in [1.807, 2.05) is 12.1 Å². The van der Waals surface area contributed by atoms with Gasteiger partial charge in [-0.3, -0.25) is 0 Å². The first-order valence-corrected chi connectivity index (χ1v) is 11.5. The summed E-state index contributed by atoms with van der Waals surface area (Å²) in [5.41, 5.74) is 1.04. The predicted molar refractivity (Wildman–Crippen MR) is 120 cm³/mol. The Morgan fingerprint density at radius 3 is 2.18 bits per heavy atom. The van der Waals surface area contributed by atoms with E-state index in [0.29, 0.717) is 10.8 Å². The van der Waals surface area contributed by atoms with Crippen molar-refractivity contribution in [3.63, 3.8) is 0 Å². The Hall–Kier alpha value is -2.63. The number of hydrogen-bond donors (Lipinski definition) is 0. The van der Waals surface area contributed by atoms with Crippen LogP contribution < -0.4 is 4.74 Å². The summed E-state index contributed by atoms with van der Waals surface area (Å²) in [6, 6.07) is 10.3. The Morgan fingerprint density at radius 1 is 0.879 bits per heavy atom. The average molecular weight is 463 g/mol. The van der Waals surface area contributed by atoms with Crippen molar-refractivity contribution in [1.82, 2.24) is 0 Å². The second kappa shape index (κ2) is 10.1. The maximum absolute atomic E-state index is 15.2. The van der Waals surface area contributed by atoms with E-state index >= 15 is 4.39 Å². The lowest BCUT2D eigenvalue weighted by molar-refractivity contribution is -0.0546. The first-order chi connectivity index (χ1) is 15.9. The van der Waals surface area contributed by atoms with Crippen LogP contribution in [-0.4, -0.2) is 6.61 Å². The van der Waals surface area contributed by atoms with Crippen molar-refractivity contribution in [3.05, 3.63) is 65.5 Å². The van der Waals surface area contributed by atoms with Gasteiger partial charge in [0.2, 0.25) is 0 Å². The number of fused-ring (bicyclic) bond motifs is 1. The van der Waals surface area contributed by atoms with Gasteiger partial charge in [0, 0.05) is 10.9 Å². The quantitative estimate of drug-likeness (QED) is 0.319. The highest BCUT2D eigenvalue weighted by molar-refractivity contribution is 5.88. The SMILES string of the molecule is CC[C@H]1CC[C@H](CCc2ccc3c(F)c(-c4cc(F)c(OC(F)F)c(F)c4)ccc3c2)CC1. The van der Waals surface area contributed by atoms with Crippen LogP contribution in [0.15, 0.2) is 42.5 Å². The van der Waals surface area contributed by atoms with E-state index in [0.717, 1.165) is 42.4 Å². The number of hydrogen-bond acceptors (Lipinski definition) is 1. The van der Waals surface area contributed by atoms with Gasteiger partial charge in [-0.15, -0.1) is 0 Å². The first kappa shape index (κ1) is 23.5. The highest BCUT2D eigenvalue weighted by Crippen LogP contribution is 2.35. The van der Waals surface area contributed by atoms with Gasteiger partial charge in [0.05, 0.1) is 0 Å². The zero-order valence-corrected chi connectivity index (χ0v) is 18.5. The van der Waals surface area contributed by atoms with Crippen LogP contribution in [0, 0.1) is 29.3 Å². The first-order valence-electron chi connectivity index (χ1n) is 11.5. The molecule has 0 aromatic heterocycles. The lowest BCUT2D eigenvalue weighted by Crippen LogP contribution is -2.14. The Labute approximate surface area is 190 Å². The van der Waals surface area contributed by atoms with Gasteiger partial charge < -0.3 is 4.74 Å². The maximum Gasteiger partial charge on any atom is 0.387 e. The molecule has 33 heavy (non-hydrogen) atoms. The van der Waals surface area contributed by atoms with E-state index in [1.54, 1.807) is 12.1 Å². The molecule has 0 atom stereocenters. The second-order valence-electron chi connectivity index (χ2n) is 8.96. The Kier molecular flexibility index (Phi) is 7.20. The summed E-state index contributed by atoms with van der Waals surface area (Å²) in [4.78, 5) is 0. The van der Waals surface area contributed by atoms with Gasteiger partial charge in [0.15, 0.2) is 17.4 Å². The molecule has 4 rings (SSSR count). The van der Waals surface area contributed by atoms with Gasteiger partial charge >= 0.3 is 6.61 Å². The third-order valence-electron chi connectivity index (χ3n) is 6.92. The summed E-state index contributed by atoms with van der Waals surface area (Å²) in [7, 11) is 0. The highest BCUT2D eigenvalue weighted by atomic mass is 19.3. The van der Waals surface area contributed by atoms with E-state index in [-0.39, 0.29) is 11.1 Å². The van der Waals surface area contributed by atoms with E-state index < -0.39 is 29.8 Å². The van der Waals surface area contributed by atoms with Gasteiger partial charge in [-0.1, -0.05) is 69.4 Å². The number of aryl methyl sites for hydroxylation is 1. The van der Waals surface area contributed by atoms with Crippen molar-refractivity contribution in [3.8, 4) is 16.9 Å². The number of rotatable bonds is 7. The van der Waals surface area contributed by atoms with Crippen LogP contribution in [0.4, 0.5) is 22.0 Å². The Morgan fingerprint density at radius 2 is 1.55 bits per heavy atom. The van der Waals surface area contributed by atoms with E-state index in [1.165, 1.54) is 38.2 Å². The lowest BCUT2D eigenvalue weighted by Gasteiger charge is -2.27. The Bertz CT molecular complexity index is 1100. The van der Waals surface area contributed by atoms with Gasteiger partial charge in [0.25, 0.3) is 0 Å². The molecule has 0 saturated heterocycles. The molecule has 0 amide bonds. The molecule has 0 unspecified atom stereocenters. The molecular formula is C27H27F5O. The zero-order chi connectivity index (χ0) is 23.5. The molecule has 1 aliphatic carbocycles. The van der Waals surface area contributed by atoms with Crippen molar-refractivity contribution in [1.29, 1.82) is 0 Å². The fraction of sp³-hybridized carbons (Fsp3) is 0.407. The molecule has 3 aromatic carbocycles. The summed E-state index contributed by atoms with van der Waals surface area (Å²) >= 11 is 0. The minimum Gasteiger partial charge on any atom is -0.429 e.